The summed E-state index contributed by atoms with van der Waals surface area (Å²) >= 11 is 0. The van der Waals surface area contributed by atoms with Gasteiger partial charge < -0.3 is 14.2 Å². The normalized spacial score (nSPS) is 12.4. The predicted molar refractivity (Wildman–Crippen MR) is 298 cm³/mol. The van der Waals surface area contributed by atoms with Gasteiger partial charge in [-0.2, -0.15) is 0 Å². The molecule has 0 bridgehead atoms. The number of carbonyl (C=O) groups is 3. The van der Waals surface area contributed by atoms with E-state index in [4.69, 9.17) is 14.2 Å². The fraction of sp³-hybridized carbons (Fsp3) is 0.952. The average molecular weight is 976 g/mol. The molecular weight excluding hydrogens is 853 g/mol. The topological polar surface area (TPSA) is 78.9 Å². The van der Waals surface area contributed by atoms with Crippen molar-refractivity contribution >= 4 is 17.9 Å². The molecule has 0 fully saturated rings. The molecule has 1 unspecified atom stereocenters. The molecule has 0 amide bonds. The molecule has 0 spiro atoms. The maximum Gasteiger partial charge on any atom is 0.306 e. The van der Waals surface area contributed by atoms with Crippen molar-refractivity contribution in [2.75, 3.05) is 13.2 Å². The zero-order chi connectivity index (χ0) is 50.4. The highest BCUT2D eigenvalue weighted by Gasteiger charge is 2.19. The number of rotatable bonds is 57. The van der Waals surface area contributed by atoms with Gasteiger partial charge in [0.25, 0.3) is 0 Å². The van der Waals surface area contributed by atoms with Crippen LogP contribution in [-0.2, 0) is 28.6 Å². The Morgan fingerprint density at radius 2 is 0.551 bits per heavy atom. The van der Waals surface area contributed by atoms with Gasteiger partial charge in [-0.05, 0) is 31.1 Å². The van der Waals surface area contributed by atoms with Crippen LogP contribution in [0, 0.1) is 11.8 Å². The SMILES string of the molecule is CCCCCCCCCCCCCCCCCC(=O)OC[C@@H](COC(=O)CCCCCCCCCCCCCC(C)C)OC(=O)CCCCCCCCCCCCCCCCCCCCC(C)CC. The molecule has 0 aliphatic carbocycles. The number of hydrogen-bond donors (Lipinski definition) is 0. The number of carbonyl (C=O) groups excluding carboxylic acids is 3. The van der Waals surface area contributed by atoms with Crippen molar-refractivity contribution in [2.45, 2.75) is 362 Å². The molecule has 0 rings (SSSR count). The highest BCUT2D eigenvalue weighted by Crippen LogP contribution is 2.19. The third kappa shape index (κ3) is 55.6. The molecule has 0 aromatic carbocycles. The number of ether oxygens (including phenoxy) is 3. The zero-order valence-corrected chi connectivity index (χ0v) is 47.5. The first kappa shape index (κ1) is 67.4. The Balaban J connectivity index is 4.26. The average Bonchev–Trinajstić information content (AvgIpc) is 3.34. The monoisotopic (exact) mass is 975 g/mol. The second-order valence-electron chi connectivity index (χ2n) is 22.4. The van der Waals surface area contributed by atoms with Gasteiger partial charge in [0.2, 0.25) is 0 Å². The van der Waals surface area contributed by atoms with Crippen LogP contribution in [0.1, 0.15) is 356 Å². The third-order valence-electron chi connectivity index (χ3n) is 14.8. The van der Waals surface area contributed by atoms with Crippen LogP contribution in [0.3, 0.4) is 0 Å². The van der Waals surface area contributed by atoms with Gasteiger partial charge in [0.15, 0.2) is 6.10 Å². The molecule has 0 aliphatic rings. The third-order valence-corrected chi connectivity index (χ3v) is 14.8. The van der Waals surface area contributed by atoms with Crippen molar-refractivity contribution in [1.82, 2.24) is 0 Å². The Bertz CT molecular complexity index is 1060. The lowest BCUT2D eigenvalue weighted by Gasteiger charge is -2.18. The van der Waals surface area contributed by atoms with Crippen molar-refractivity contribution in [3.05, 3.63) is 0 Å². The Labute approximate surface area is 431 Å². The molecule has 0 aromatic heterocycles. The van der Waals surface area contributed by atoms with E-state index in [0.717, 1.165) is 69.6 Å². The van der Waals surface area contributed by atoms with Crippen LogP contribution in [0.25, 0.3) is 0 Å². The molecule has 410 valence electrons. The van der Waals surface area contributed by atoms with Gasteiger partial charge >= 0.3 is 17.9 Å². The standard InChI is InChI=1S/C63H122O6/c1-6-8-9-10-11-12-13-14-19-23-28-33-38-43-48-53-61(64)67-56-60(57-68-62(65)54-49-44-39-34-30-25-26-31-36-41-46-51-58(3)4)69-63(66)55-50-45-40-35-29-24-21-18-16-15-17-20-22-27-32-37-42-47-52-59(5)7-2/h58-60H,6-57H2,1-5H3/t59?,60-/m0/s1. The molecule has 0 saturated heterocycles. The van der Waals surface area contributed by atoms with Gasteiger partial charge in [-0.3, -0.25) is 14.4 Å². The van der Waals surface area contributed by atoms with E-state index in [1.54, 1.807) is 0 Å². The first-order chi connectivity index (χ1) is 33.8. The lowest BCUT2D eigenvalue weighted by molar-refractivity contribution is -0.167. The van der Waals surface area contributed by atoms with E-state index in [0.29, 0.717) is 19.3 Å². The summed E-state index contributed by atoms with van der Waals surface area (Å²) in [5, 5.41) is 0. The van der Waals surface area contributed by atoms with Crippen LogP contribution in [-0.4, -0.2) is 37.2 Å². The van der Waals surface area contributed by atoms with Crippen LogP contribution >= 0.6 is 0 Å². The first-order valence-electron chi connectivity index (χ1n) is 31.3. The van der Waals surface area contributed by atoms with E-state index in [1.807, 2.05) is 0 Å². The summed E-state index contributed by atoms with van der Waals surface area (Å²) in [6.45, 7) is 11.5. The molecule has 0 heterocycles. The molecule has 0 aromatic rings. The van der Waals surface area contributed by atoms with Crippen LogP contribution in [0.4, 0.5) is 0 Å². The predicted octanol–water partition coefficient (Wildman–Crippen LogP) is 20.8. The lowest BCUT2D eigenvalue weighted by atomic mass is 9.99. The van der Waals surface area contributed by atoms with Crippen molar-refractivity contribution in [2.24, 2.45) is 11.8 Å². The maximum absolute atomic E-state index is 12.9. The number of esters is 3. The molecule has 0 aliphatic heterocycles. The summed E-state index contributed by atoms with van der Waals surface area (Å²) in [6, 6.07) is 0. The van der Waals surface area contributed by atoms with Crippen molar-refractivity contribution in [1.29, 1.82) is 0 Å². The Hall–Kier alpha value is -1.59. The van der Waals surface area contributed by atoms with Gasteiger partial charge in [0, 0.05) is 19.3 Å². The number of unbranched alkanes of at least 4 members (excludes halogenated alkanes) is 41. The van der Waals surface area contributed by atoms with Crippen molar-refractivity contribution < 1.29 is 28.6 Å². The first-order valence-corrected chi connectivity index (χ1v) is 31.3. The van der Waals surface area contributed by atoms with Crippen LogP contribution in [0.2, 0.25) is 0 Å². The highest BCUT2D eigenvalue weighted by atomic mass is 16.6. The van der Waals surface area contributed by atoms with Gasteiger partial charge in [-0.1, -0.05) is 317 Å². The van der Waals surface area contributed by atoms with E-state index >= 15 is 0 Å². The Kier molecular flexibility index (Phi) is 54.4. The van der Waals surface area contributed by atoms with E-state index in [9.17, 15) is 14.4 Å². The largest absolute Gasteiger partial charge is 0.462 e. The van der Waals surface area contributed by atoms with E-state index < -0.39 is 6.10 Å². The van der Waals surface area contributed by atoms with Crippen LogP contribution < -0.4 is 0 Å². The minimum absolute atomic E-state index is 0.0621. The van der Waals surface area contributed by atoms with Gasteiger partial charge in [0.1, 0.15) is 13.2 Å². The van der Waals surface area contributed by atoms with Crippen LogP contribution in [0.15, 0.2) is 0 Å². The summed E-state index contributed by atoms with van der Waals surface area (Å²) in [7, 11) is 0. The minimum Gasteiger partial charge on any atom is -0.462 e. The van der Waals surface area contributed by atoms with Crippen molar-refractivity contribution in [3.8, 4) is 0 Å². The summed E-state index contributed by atoms with van der Waals surface area (Å²) in [6.07, 6.45) is 61.0. The summed E-state index contributed by atoms with van der Waals surface area (Å²) in [5.74, 6) is 0.902. The smallest absolute Gasteiger partial charge is 0.306 e. The molecular formula is C63H122O6. The highest BCUT2D eigenvalue weighted by molar-refractivity contribution is 5.71. The fourth-order valence-corrected chi connectivity index (χ4v) is 9.73. The quantitative estimate of drug-likeness (QED) is 0.0343. The lowest BCUT2D eigenvalue weighted by Crippen LogP contribution is -2.30. The zero-order valence-electron chi connectivity index (χ0n) is 47.5. The Morgan fingerprint density at radius 3 is 0.826 bits per heavy atom. The molecule has 0 N–H and O–H groups in total. The van der Waals surface area contributed by atoms with Gasteiger partial charge in [-0.25, -0.2) is 0 Å². The second-order valence-corrected chi connectivity index (χ2v) is 22.4. The molecule has 6 nitrogen and oxygen atoms in total. The molecule has 0 radical (unpaired) electrons. The summed E-state index contributed by atoms with van der Waals surface area (Å²) < 4.78 is 16.9. The summed E-state index contributed by atoms with van der Waals surface area (Å²) in [4.78, 5) is 38.2. The van der Waals surface area contributed by atoms with E-state index in [1.165, 1.54) is 244 Å². The fourth-order valence-electron chi connectivity index (χ4n) is 9.73. The van der Waals surface area contributed by atoms with Gasteiger partial charge in [-0.15, -0.1) is 0 Å². The van der Waals surface area contributed by atoms with Crippen LogP contribution in [0.5, 0.6) is 0 Å². The molecule has 6 heteroatoms. The Morgan fingerprint density at radius 1 is 0.304 bits per heavy atom. The van der Waals surface area contributed by atoms with Crippen molar-refractivity contribution in [3.63, 3.8) is 0 Å². The molecule has 2 atom stereocenters. The minimum atomic E-state index is -0.763. The van der Waals surface area contributed by atoms with E-state index in [-0.39, 0.29) is 31.1 Å². The maximum atomic E-state index is 12.9. The molecule has 69 heavy (non-hydrogen) atoms. The number of hydrogen-bond acceptors (Lipinski definition) is 6. The van der Waals surface area contributed by atoms with Gasteiger partial charge in [0.05, 0.1) is 0 Å². The summed E-state index contributed by atoms with van der Waals surface area (Å²) in [5.41, 5.74) is 0. The molecule has 0 saturated carbocycles. The van der Waals surface area contributed by atoms with E-state index in [2.05, 4.69) is 34.6 Å². The second kappa shape index (κ2) is 55.7.